The number of aromatic nitrogens is 1. The minimum absolute atomic E-state index is 0.0374. The first kappa shape index (κ1) is 9.96. The average Bonchev–Trinajstić information content (AvgIpc) is 2.89. The highest BCUT2D eigenvalue weighted by Gasteiger charge is 2.49. The highest BCUT2D eigenvalue weighted by atomic mass is 32.1. The molecule has 2 heterocycles. The van der Waals surface area contributed by atoms with Crippen LogP contribution >= 0.6 is 11.3 Å². The average molecular weight is 236 g/mol. The largest absolute Gasteiger partial charge is 0.274 e. The van der Waals surface area contributed by atoms with Gasteiger partial charge in [0.1, 0.15) is 0 Å². The molecule has 5 heteroatoms. The van der Waals surface area contributed by atoms with Gasteiger partial charge in [-0.15, -0.1) is 11.3 Å². The summed E-state index contributed by atoms with van der Waals surface area (Å²) in [6, 6.07) is 0. The number of fused-ring (bicyclic) bond motifs is 1. The van der Waals surface area contributed by atoms with E-state index in [1.165, 1.54) is 16.2 Å². The van der Waals surface area contributed by atoms with E-state index >= 15 is 0 Å². The van der Waals surface area contributed by atoms with Crippen LogP contribution in [0.1, 0.15) is 25.7 Å². The Morgan fingerprint density at radius 1 is 1.19 bits per heavy atom. The zero-order valence-corrected chi connectivity index (χ0v) is 9.57. The topological polar surface area (TPSA) is 50.3 Å². The van der Waals surface area contributed by atoms with Crippen molar-refractivity contribution in [2.75, 3.05) is 4.90 Å². The van der Waals surface area contributed by atoms with Crippen LogP contribution in [0, 0.1) is 11.8 Å². The van der Waals surface area contributed by atoms with Crippen molar-refractivity contribution in [1.29, 1.82) is 0 Å². The van der Waals surface area contributed by atoms with Crippen LogP contribution in [0.25, 0.3) is 0 Å². The van der Waals surface area contributed by atoms with E-state index in [1.807, 2.05) is 0 Å². The van der Waals surface area contributed by atoms with E-state index < -0.39 is 0 Å². The molecule has 0 aromatic carbocycles. The van der Waals surface area contributed by atoms with Crippen molar-refractivity contribution in [3.05, 3.63) is 11.6 Å². The molecule has 0 unspecified atom stereocenters. The smallest absolute Gasteiger partial charge is 0.239 e. The second-order valence-corrected chi connectivity index (χ2v) is 5.20. The van der Waals surface area contributed by atoms with Gasteiger partial charge in [0.25, 0.3) is 0 Å². The first-order valence-corrected chi connectivity index (χ1v) is 6.44. The fourth-order valence-corrected chi connectivity index (χ4v) is 3.33. The minimum Gasteiger partial charge on any atom is -0.274 e. The van der Waals surface area contributed by atoms with Gasteiger partial charge in [0, 0.05) is 11.6 Å². The van der Waals surface area contributed by atoms with Crippen LogP contribution in [0.15, 0.2) is 11.6 Å². The van der Waals surface area contributed by atoms with Gasteiger partial charge in [-0.3, -0.25) is 9.59 Å². The lowest BCUT2D eigenvalue weighted by Gasteiger charge is -2.19. The molecule has 1 saturated carbocycles. The van der Waals surface area contributed by atoms with Crippen LogP contribution in [-0.4, -0.2) is 16.8 Å². The molecular weight excluding hydrogens is 224 g/mol. The third-order valence-electron chi connectivity index (χ3n) is 3.45. The van der Waals surface area contributed by atoms with E-state index in [2.05, 4.69) is 4.98 Å². The molecule has 2 amide bonds. The number of amides is 2. The highest BCUT2D eigenvalue weighted by Crippen LogP contribution is 2.40. The Hall–Kier alpha value is -1.23. The maximum absolute atomic E-state index is 12.1. The number of nitrogens with zero attached hydrogens (tertiary/aromatic N) is 2. The van der Waals surface area contributed by atoms with Crippen molar-refractivity contribution in [3.8, 4) is 0 Å². The maximum Gasteiger partial charge on any atom is 0.239 e. The van der Waals surface area contributed by atoms with Crippen LogP contribution in [0.4, 0.5) is 5.13 Å². The van der Waals surface area contributed by atoms with E-state index in [-0.39, 0.29) is 23.7 Å². The molecule has 0 N–H and O–H groups in total. The van der Waals surface area contributed by atoms with Crippen molar-refractivity contribution in [2.45, 2.75) is 25.7 Å². The normalized spacial score (nSPS) is 29.6. The third-order valence-corrected chi connectivity index (χ3v) is 4.21. The SMILES string of the molecule is O=C1[C@@H]2CCCC[C@H]2C(=O)N1c1nccs1. The summed E-state index contributed by atoms with van der Waals surface area (Å²) >= 11 is 1.35. The first-order valence-electron chi connectivity index (χ1n) is 5.56. The fraction of sp³-hybridized carbons (Fsp3) is 0.545. The van der Waals surface area contributed by atoms with Crippen molar-refractivity contribution in [3.63, 3.8) is 0 Å². The van der Waals surface area contributed by atoms with Gasteiger partial charge in [-0.05, 0) is 12.8 Å². The molecule has 4 nitrogen and oxygen atoms in total. The van der Waals surface area contributed by atoms with Gasteiger partial charge in [0.15, 0.2) is 5.13 Å². The van der Waals surface area contributed by atoms with E-state index in [1.54, 1.807) is 11.6 Å². The van der Waals surface area contributed by atoms with Gasteiger partial charge >= 0.3 is 0 Å². The number of imide groups is 1. The summed E-state index contributed by atoms with van der Waals surface area (Å²) in [4.78, 5) is 29.6. The van der Waals surface area contributed by atoms with Crippen LogP contribution in [0.5, 0.6) is 0 Å². The lowest BCUT2D eigenvalue weighted by atomic mass is 9.81. The van der Waals surface area contributed by atoms with Crippen molar-refractivity contribution >= 4 is 28.3 Å². The molecule has 16 heavy (non-hydrogen) atoms. The molecule has 1 aromatic heterocycles. The predicted molar refractivity (Wildman–Crippen MR) is 60.1 cm³/mol. The number of anilines is 1. The molecule has 2 aliphatic rings. The van der Waals surface area contributed by atoms with Gasteiger partial charge in [-0.1, -0.05) is 12.8 Å². The quantitative estimate of drug-likeness (QED) is 0.699. The Kier molecular flexibility index (Phi) is 2.28. The Morgan fingerprint density at radius 2 is 1.81 bits per heavy atom. The van der Waals surface area contributed by atoms with Crippen molar-refractivity contribution in [1.82, 2.24) is 4.98 Å². The van der Waals surface area contributed by atoms with Gasteiger partial charge in [0.2, 0.25) is 11.8 Å². The zero-order chi connectivity index (χ0) is 11.1. The van der Waals surface area contributed by atoms with Crippen LogP contribution in [0.3, 0.4) is 0 Å². The molecule has 84 valence electrons. The Labute approximate surface area is 97.3 Å². The second kappa shape index (κ2) is 3.66. The number of carbonyl (C=O) groups is 2. The fourth-order valence-electron chi connectivity index (χ4n) is 2.68. The lowest BCUT2D eigenvalue weighted by Crippen LogP contribution is -2.30. The molecule has 3 rings (SSSR count). The summed E-state index contributed by atoms with van der Waals surface area (Å²) in [7, 11) is 0. The summed E-state index contributed by atoms with van der Waals surface area (Å²) in [5.74, 6) is -0.232. The summed E-state index contributed by atoms with van der Waals surface area (Å²) in [5, 5.41) is 2.32. The van der Waals surface area contributed by atoms with Gasteiger partial charge in [0.05, 0.1) is 11.8 Å². The number of thiazole rings is 1. The third kappa shape index (κ3) is 1.31. The van der Waals surface area contributed by atoms with E-state index in [0.29, 0.717) is 5.13 Å². The molecule has 0 spiro atoms. The molecule has 1 aromatic rings. The minimum atomic E-state index is -0.0786. The number of carbonyl (C=O) groups excluding carboxylic acids is 2. The van der Waals surface area contributed by atoms with E-state index in [9.17, 15) is 9.59 Å². The summed E-state index contributed by atoms with van der Waals surface area (Å²) in [6.45, 7) is 0. The highest BCUT2D eigenvalue weighted by molar-refractivity contribution is 7.14. The number of hydrogen-bond donors (Lipinski definition) is 0. The van der Waals surface area contributed by atoms with Gasteiger partial charge < -0.3 is 0 Å². The number of hydrogen-bond acceptors (Lipinski definition) is 4. The van der Waals surface area contributed by atoms with Gasteiger partial charge in [-0.2, -0.15) is 0 Å². The number of rotatable bonds is 1. The summed E-state index contributed by atoms with van der Waals surface area (Å²) in [5.41, 5.74) is 0. The van der Waals surface area contributed by atoms with Crippen LogP contribution < -0.4 is 4.90 Å². The molecule has 1 aliphatic carbocycles. The molecule has 0 radical (unpaired) electrons. The molecule has 2 atom stereocenters. The standard InChI is InChI=1S/C11H12N2O2S/c14-9-7-3-1-2-4-8(7)10(15)13(9)11-12-5-6-16-11/h5-8H,1-4H2/t7-,8-/m1/s1. The molecular formula is C11H12N2O2S. The molecule has 0 bridgehead atoms. The monoisotopic (exact) mass is 236 g/mol. The Morgan fingerprint density at radius 3 is 2.31 bits per heavy atom. The van der Waals surface area contributed by atoms with Crippen LogP contribution in [0.2, 0.25) is 0 Å². The summed E-state index contributed by atoms with van der Waals surface area (Å²) < 4.78 is 0. The van der Waals surface area contributed by atoms with E-state index in [4.69, 9.17) is 0 Å². The van der Waals surface area contributed by atoms with E-state index in [0.717, 1.165) is 25.7 Å². The lowest BCUT2D eigenvalue weighted by molar-refractivity contribution is -0.122. The molecule has 2 fully saturated rings. The second-order valence-electron chi connectivity index (χ2n) is 4.32. The van der Waals surface area contributed by atoms with Crippen LogP contribution in [-0.2, 0) is 9.59 Å². The molecule has 1 aliphatic heterocycles. The van der Waals surface area contributed by atoms with Crippen molar-refractivity contribution < 1.29 is 9.59 Å². The Bertz CT molecular complexity index is 405. The summed E-state index contributed by atoms with van der Waals surface area (Å²) in [6.07, 6.45) is 5.47. The predicted octanol–water partition coefficient (Wildman–Crippen LogP) is 1.82. The zero-order valence-electron chi connectivity index (χ0n) is 8.76. The Balaban J connectivity index is 1.96. The maximum atomic E-state index is 12.1. The molecule has 1 saturated heterocycles. The first-order chi connectivity index (χ1) is 7.79. The van der Waals surface area contributed by atoms with Gasteiger partial charge in [-0.25, -0.2) is 9.88 Å². The van der Waals surface area contributed by atoms with Crippen molar-refractivity contribution in [2.24, 2.45) is 11.8 Å².